The quantitative estimate of drug-likeness (QED) is 0.762. The van der Waals surface area contributed by atoms with Crippen molar-refractivity contribution in [2.24, 2.45) is 0 Å². The highest BCUT2D eigenvalue weighted by Gasteiger charge is 2.14. The van der Waals surface area contributed by atoms with E-state index in [1.165, 1.54) is 0 Å². The van der Waals surface area contributed by atoms with Crippen molar-refractivity contribution in [3.8, 4) is 11.3 Å². The van der Waals surface area contributed by atoms with Crippen molar-refractivity contribution in [1.29, 1.82) is 0 Å². The number of aromatic nitrogens is 3. The molecule has 2 aromatic heterocycles. The standard InChI is InChI=1S/C16H17N3O/c1-11-9-10-12(2)18(11)19-16(20)13(3)15(17-19)14-7-5-4-6-8-14/h4-10,17H,1-3H3. The monoisotopic (exact) mass is 267 g/mol. The smallest absolute Gasteiger partial charge is 0.275 e. The lowest BCUT2D eigenvalue weighted by Crippen LogP contribution is -2.26. The zero-order chi connectivity index (χ0) is 14.3. The van der Waals surface area contributed by atoms with Crippen LogP contribution in [0, 0.1) is 20.8 Å². The van der Waals surface area contributed by atoms with Crippen LogP contribution in [0.3, 0.4) is 0 Å². The van der Waals surface area contributed by atoms with E-state index < -0.39 is 0 Å². The van der Waals surface area contributed by atoms with Crippen LogP contribution in [0.2, 0.25) is 0 Å². The number of nitrogens with zero attached hydrogens (tertiary/aromatic N) is 2. The van der Waals surface area contributed by atoms with Crippen LogP contribution in [-0.4, -0.2) is 14.6 Å². The minimum atomic E-state index is -0.0220. The van der Waals surface area contributed by atoms with Crippen LogP contribution in [0.5, 0.6) is 0 Å². The molecular formula is C16H17N3O. The third-order valence-electron chi connectivity index (χ3n) is 3.60. The molecule has 0 aliphatic carbocycles. The SMILES string of the molecule is Cc1c(-c2ccccc2)[nH]n(-n2c(C)ccc2C)c1=O. The van der Waals surface area contributed by atoms with E-state index in [0.717, 1.165) is 28.2 Å². The predicted octanol–water partition coefficient (Wildman–Crippen LogP) is 2.88. The number of rotatable bonds is 2. The van der Waals surface area contributed by atoms with Gasteiger partial charge in [-0.25, -0.2) is 4.68 Å². The molecular weight excluding hydrogens is 250 g/mol. The van der Waals surface area contributed by atoms with Gasteiger partial charge in [0.05, 0.1) is 5.69 Å². The van der Waals surface area contributed by atoms with E-state index in [-0.39, 0.29) is 5.56 Å². The maximum absolute atomic E-state index is 12.5. The molecule has 0 unspecified atom stereocenters. The maximum Gasteiger partial charge on any atom is 0.289 e. The number of aromatic amines is 1. The molecule has 0 spiro atoms. The highest BCUT2D eigenvalue weighted by molar-refractivity contribution is 5.62. The number of H-pyrrole nitrogens is 1. The molecule has 0 amide bonds. The van der Waals surface area contributed by atoms with E-state index in [4.69, 9.17) is 0 Å². The summed E-state index contributed by atoms with van der Waals surface area (Å²) in [5.74, 6) is 0. The van der Waals surface area contributed by atoms with Crippen LogP contribution in [0.15, 0.2) is 47.3 Å². The number of hydrogen-bond donors (Lipinski definition) is 1. The predicted molar refractivity (Wildman–Crippen MR) is 79.9 cm³/mol. The molecule has 1 aromatic carbocycles. The fourth-order valence-electron chi connectivity index (χ4n) is 2.51. The van der Waals surface area contributed by atoms with Crippen LogP contribution in [0.4, 0.5) is 0 Å². The molecule has 4 heteroatoms. The first-order chi connectivity index (χ1) is 9.59. The Morgan fingerprint density at radius 1 is 0.900 bits per heavy atom. The molecule has 0 atom stereocenters. The van der Waals surface area contributed by atoms with Crippen molar-refractivity contribution in [2.45, 2.75) is 20.8 Å². The summed E-state index contributed by atoms with van der Waals surface area (Å²) in [5, 5.41) is 3.22. The number of benzene rings is 1. The average molecular weight is 267 g/mol. The summed E-state index contributed by atoms with van der Waals surface area (Å²) in [6.45, 7) is 5.82. The first-order valence-electron chi connectivity index (χ1n) is 6.62. The van der Waals surface area contributed by atoms with E-state index in [1.807, 2.05) is 67.9 Å². The van der Waals surface area contributed by atoms with Crippen molar-refractivity contribution in [3.63, 3.8) is 0 Å². The molecule has 0 aliphatic rings. The lowest BCUT2D eigenvalue weighted by molar-refractivity contribution is 0.533. The van der Waals surface area contributed by atoms with Gasteiger partial charge in [0, 0.05) is 17.0 Å². The van der Waals surface area contributed by atoms with Gasteiger partial charge in [-0.15, -0.1) is 0 Å². The van der Waals surface area contributed by atoms with Crippen molar-refractivity contribution in [3.05, 3.63) is 69.8 Å². The van der Waals surface area contributed by atoms with E-state index >= 15 is 0 Å². The second kappa shape index (κ2) is 4.56. The van der Waals surface area contributed by atoms with Gasteiger partial charge in [-0.3, -0.25) is 9.89 Å². The summed E-state index contributed by atoms with van der Waals surface area (Å²) in [7, 11) is 0. The number of nitrogens with one attached hydrogen (secondary N) is 1. The molecule has 20 heavy (non-hydrogen) atoms. The highest BCUT2D eigenvalue weighted by atomic mass is 16.1. The molecule has 1 N–H and O–H groups in total. The summed E-state index contributed by atoms with van der Waals surface area (Å²) < 4.78 is 1.89. The Hall–Kier alpha value is -2.49. The molecule has 0 radical (unpaired) electrons. The van der Waals surface area contributed by atoms with Crippen molar-refractivity contribution in [2.75, 3.05) is 0 Å². The molecule has 4 nitrogen and oxygen atoms in total. The number of aryl methyl sites for hydroxylation is 2. The van der Waals surface area contributed by atoms with Crippen LogP contribution < -0.4 is 5.56 Å². The molecule has 3 rings (SSSR count). The van der Waals surface area contributed by atoms with Gasteiger partial charge in [0.2, 0.25) is 0 Å². The Labute approximate surface area is 117 Å². The van der Waals surface area contributed by atoms with Gasteiger partial charge < -0.3 is 0 Å². The van der Waals surface area contributed by atoms with Gasteiger partial charge in [0.1, 0.15) is 0 Å². The van der Waals surface area contributed by atoms with Crippen molar-refractivity contribution in [1.82, 2.24) is 14.6 Å². The minimum absolute atomic E-state index is 0.0220. The largest absolute Gasteiger partial charge is 0.289 e. The Kier molecular flexibility index (Phi) is 2.86. The Morgan fingerprint density at radius 3 is 2.10 bits per heavy atom. The Morgan fingerprint density at radius 2 is 1.50 bits per heavy atom. The van der Waals surface area contributed by atoms with Crippen LogP contribution in [0.25, 0.3) is 11.3 Å². The third-order valence-corrected chi connectivity index (χ3v) is 3.60. The summed E-state index contributed by atoms with van der Waals surface area (Å²) in [5.41, 5.74) is 4.62. The van der Waals surface area contributed by atoms with Gasteiger partial charge in [-0.2, -0.15) is 4.79 Å². The molecule has 0 saturated carbocycles. The summed E-state index contributed by atoms with van der Waals surface area (Å²) in [4.78, 5) is 14.0. The van der Waals surface area contributed by atoms with E-state index in [9.17, 15) is 4.79 Å². The zero-order valence-electron chi connectivity index (χ0n) is 11.8. The molecule has 0 aliphatic heterocycles. The first-order valence-corrected chi connectivity index (χ1v) is 6.62. The van der Waals surface area contributed by atoms with Gasteiger partial charge in [-0.05, 0) is 38.5 Å². The molecule has 0 fully saturated rings. The molecule has 3 aromatic rings. The van der Waals surface area contributed by atoms with Crippen LogP contribution >= 0.6 is 0 Å². The second-order valence-electron chi connectivity index (χ2n) is 5.02. The molecule has 102 valence electrons. The molecule has 2 heterocycles. The summed E-state index contributed by atoms with van der Waals surface area (Å²) in [6.07, 6.45) is 0. The van der Waals surface area contributed by atoms with Crippen molar-refractivity contribution < 1.29 is 0 Å². The lowest BCUT2D eigenvalue weighted by Gasteiger charge is -2.09. The molecule has 0 saturated heterocycles. The van der Waals surface area contributed by atoms with Crippen LogP contribution in [-0.2, 0) is 0 Å². The van der Waals surface area contributed by atoms with Crippen LogP contribution in [0.1, 0.15) is 17.0 Å². The highest BCUT2D eigenvalue weighted by Crippen LogP contribution is 2.19. The normalized spacial score (nSPS) is 10.9. The Balaban J connectivity index is 2.24. The zero-order valence-corrected chi connectivity index (χ0v) is 11.8. The van der Waals surface area contributed by atoms with Gasteiger partial charge >= 0.3 is 0 Å². The summed E-state index contributed by atoms with van der Waals surface area (Å²) >= 11 is 0. The minimum Gasteiger partial charge on any atom is -0.275 e. The molecule has 0 bridgehead atoms. The van der Waals surface area contributed by atoms with E-state index in [1.54, 1.807) is 4.79 Å². The van der Waals surface area contributed by atoms with Gasteiger partial charge in [0.25, 0.3) is 5.56 Å². The maximum atomic E-state index is 12.5. The topological polar surface area (TPSA) is 42.7 Å². The average Bonchev–Trinajstić information content (AvgIpc) is 2.93. The Bertz CT molecular complexity index is 787. The van der Waals surface area contributed by atoms with Gasteiger partial charge in [0.15, 0.2) is 0 Å². The first kappa shape index (κ1) is 12.5. The van der Waals surface area contributed by atoms with Crippen molar-refractivity contribution >= 4 is 0 Å². The van der Waals surface area contributed by atoms with E-state index in [2.05, 4.69) is 5.10 Å². The third kappa shape index (κ3) is 1.81. The fourth-order valence-corrected chi connectivity index (χ4v) is 2.51. The fraction of sp³-hybridized carbons (Fsp3) is 0.188. The lowest BCUT2D eigenvalue weighted by atomic mass is 10.1. The van der Waals surface area contributed by atoms with Gasteiger partial charge in [-0.1, -0.05) is 30.3 Å². The van der Waals surface area contributed by atoms with E-state index in [0.29, 0.717) is 0 Å². The second-order valence-corrected chi connectivity index (χ2v) is 5.02. The summed E-state index contributed by atoms with van der Waals surface area (Å²) in [6, 6.07) is 13.9. The number of hydrogen-bond acceptors (Lipinski definition) is 1.